The number of carbonyl (C=O) groups is 3. The van der Waals surface area contributed by atoms with Crippen molar-refractivity contribution in [2.24, 2.45) is 11.8 Å². The molecule has 1 aliphatic carbocycles. The summed E-state index contributed by atoms with van der Waals surface area (Å²) in [5.41, 5.74) is 0.923. The standard InChI is InChI=1S/C26H36N2O9/c1-25(2)36-21-20(29)19(35-26(21,37-25)23(31)33-3)14-27-22(30)18-11-9-16(10-12-18)13-28-24(32)34-15-17-7-5-4-6-8-17/h4-8,16,18-21,29H,9-15H2,1-3H3,(H,27,30)(H,28,32)/t16?,18?,19-,20+,21-,26-/m0/s1. The molecule has 2 heterocycles. The minimum Gasteiger partial charge on any atom is -0.465 e. The lowest BCUT2D eigenvalue weighted by Gasteiger charge is -2.29. The molecule has 2 amide bonds. The molecule has 3 aliphatic rings. The maximum absolute atomic E-state index is 12.8. The van der Waals surface area contributed by atoms with E-state index in [1.807, 2.05) is 30.3 Å². The molecule has 0 spiro atoms. The highest BCUT2D eigenvalue weighted by Crippen LogP contribution is 2.46. The van der Waals surface area contributed by atoms with Crippen LogP contribution in [0.2, 0.25) is 0 Å². The van der Waals surface area contributed by atoms with E-state index in [0.29, 0.717) is 19.4 Å². The van der Waals surface area contributed by atoms with Crippen LogP contribution in [0.1, 0.15) is 45.1 Å². The van der Waals surface area contributed by atoms with Crippen molar-refractivity contribution >= 4 is 18.0 Å². The maximum Gasteiger partial charge on any atom is 0.407 e. The summed E-state index contributed by atoms with van der Waals surface area (Å²) in [6, 6.07) is 9.47. The Morgan fingerprint density at radius 2 is 1.73 bits per heavy atom. The van der Waals surface area contributed by atoms with Gasteiger partial charge in [0.25, 0.3) is 0 Å². The summed E-state index contributed by atoms with van der Waals surface area (Å²) in [5, 5.41) is 16.4. The fourth-order valence-corrected chi connectivity index (χ4v) is 5.19. The van der Waals surface area contributed by atoms with Crippen molar-refractivity contribution in [3.63, 3.8) is 0 Å². The number of alkyl carbamates (subject to hydrolysis) is 1. The highest BCUT2D eigenvalue weighted by Gasteiger charge is 2.69. The van der Waals surface area contributed by atoms with Crippen molar-refractivity contribution in [3.05, 3.63) is 35.9 Å². The summed E-state index contributed by atoms with van der Waals surface area (Å²) in [7, 11) is 1.20. The first-order valence-electron chi connectivity index (χ1n) is 12.7. The van der Waals surface area contributed by atoms with E-state index in [-0.39, 0.29) is 30.9 Å². The van der Waals surface area contributed by atoms with Gasteiger partial charge in [0.05, 0.1) is 7.11 Å². The molecule has 1 aromatic rings. The third kappa shape index (κ3) is 6.23. The van der Waals surface area contributed by atoms with Crippen LogP contribution in [-0.4, -0.2) is 73.2 Å². The van der Waals surface area contributed by atoms with Gasteiger partial charge in [0.2, 0.25) is 5.91 Å². The molecule has 37 heavy (non-hydrogen) atoms. The average Bonchev–Trinajstić information content (AvgIpc) is 3.32. The molecule has 0 unspecified atom stereocenters. The van der Waals surface area contributed by atoms with E-state index in [2.05, 4.69) is 10.6 Å². The maximum atomic E-state index is 12.8. The molecule has 4 atom stereocenters. The van der Waals surface area contributed by atoms with Crippen molar-refractivity contribution in [3.8, 4) is 0 Å². The van der Waals surface area contributed by atoms with E-state index in [1.54, 1.807) is 13.8 Å². The van der Waals surface area contributed by atoms with Gasteiger partial charge in [-0.2, -0.15) is 0 Å². The lowest BCUT2D eigenvalue weighted by atomic mass is 9.81. The first kappa shape index (κ1) is 27.3. The Morgan fingerprint density at radius 3 is 2.41 bits per heavy atom. The first-order valence-corrected chi connectivity index (χ1v) is 12.7. The van der Waals surface area contributed by atoms with Gasteiger partial charge in [0.15, 0.2) is 11.9 Å². The van der Waals surface area contributed by atoms with Crippen molar-refractivity contribution in [1.82, 2.24) is 10.6 Å². The van der Waals surface area contributed by atoms with Crippen LogP contribution in [0.15, 0.2) is 30.3 Å². The van der Waals surface area contributed by atoms with Gasteiger partial charge in [-0.05, 0) is 51.0 Å². The lowest BCUT2D eigenvalue weighted by Crippen LogP contribution is -2.48. The molecule has 0 radical (unpaired) electrons. The molecule has 2 saturated heterocycles. The van der Waals surface area contributed by atoms with E-state index >= 15 is 0 Å². The average molecular weight is 521 g/mol. The van der Waals surface area contributed by atoms with Gasteiger partial charge < -0.3 is 39.4 Å². The number of aliphatic hydroxyl groups excluding tert-OH is 1. The molecule has 11 nitrogen and oxygen atoms in total. The predicted molar refractivity (Wildman–Crippen MR) is 129 cm³/mol. The van der Waals surface area contributed by atoms with Crippen LogP contribution >= 0.6 is 0 Å². The van der Waals surface area contributed by atoms with Crippen LogP contribution in [0, 0.1) is 11.8 Å². The van der Waals surface area contributed by atoms with Crippen LogP contribution in [-0.2, 0) is 39.9 Å². The van der Waals surface area contributed by atoms with E-state index in [9.17, 15) is 19.5 Å². The third-order valence-electron chi connectivity index (χ3n) is 7.11. The van der Waals surface area contributed by atoms with Gasteiger partial charge in [-0.1, -0.05) is 30.3 Å². The molecule has 0 aromatic heterocycles. The number of hydrogen-bond donors (Lipinski definition) is 3. The van der Waals surface area contributed by atoms with Gasteiger partial charge >= 0.3 is 17.8 Å². The van der Waals surface area contributed by atoms with Gasteiger partial charge in [-0.15, -0.1) is 0 Å². The van der Waals surface area contributed by atoms with Crippen LogP contribution in [0.5, 0.6) is 0 Å². The molecule has 204 valence electrons. The summed E-state index contributed by atoms with van der Waals surface area (Å²) in [5.74, 6) is -3.87. The molecule has 11 heteroatoms. The van der Waals surface area contributed by atoms with E-state index < -0.39 is 41.9 Å². The van der Waals surface area contributed by atoms with Crippen molar-refractivity contribution < 1.29 is 43.2 Å². The molecular formula is C26H36N2O9. The lowest BCUT2D eigenvalue weighted by molar-refractivity contribution is -0.263. The topological polar surface area (TPSA) is 142 Å². The molecule has 0 bridgehead atoms. The number of benzene rings is 1. The van der Waals surface area contributed by atoms with Crippen molar-refractivity contribution in [2.75, 3.05) is 20.2 Å². The fourth-order valence-electron chi connectivity index (χ4n) is 5.19. The monoisotopic (exact) mass is 520 g/mol. The Labute approximate surface area is 216 Å². The minimum absolute atomic E-state index is 0.00285. The molecular weight excluding hydrogens is 484 g/mol. The number of ether oxygens (including phenoxy) is 5. The molecule has 1 saturated carbocycles. The van der Waals surface area contributed by atoms with Gasteiger partial charge in [0.1, 0.15) is 18.8 Å². The van der Waals surface area contributed by atoms with Crippen LogP contribution in [0.25, 0.3) is 0 Å². The number of aliphatic hydroxyl groups is 1. The number of esters is 1. The number of methoxy groups -OCH3 is 1. The van der Waals surface area contributed by atoms with E-state index in [0.717, 1.165) is 18.4 Å². The summed E-state index contributed by atoms with van der Waals surface area (Å²) < 4.78 is 27.3. The summed E-state index contributed by atoms with van der Waals surface area (Å²) in [6.07, 6.45) is -0.658. The molecule has 3 fully saturated rings. The SMILES string of the molecule is COC(=O)[C@]12O[C@@H](CNC(=O)C3CCC(CNC(=O)OCc4ccccc4)CC3)[C@@H](O)[C@@H]1OC(C)(C)O2. The highest BCUT2D eigenvalue weighted by molar-refractivity contribution is 5.80. The van der Waals surface area contributed by atoms with Crippen LogP contribution in [0.4, 0.5) is 4.79 Å². The highest BCUT2D eigenvalue weighted by atomic mass is 16.9. The number of amides is 2. The minimum atomic E-state index is -1.87. The molecule has 1 aromatic carbocycles. The fraction of sp³-hybridized carbons (Fsp3) is 0.654. The zero-order valence-corrected chi connectivity index (χ0v) is 21.4. The van der Waals surface area contributed by atoms with Gasteiger partial charge in [-0.25, -0.2) is 9.59 Å². The van der Waals surface area contributed by atoms with Crippen LogP contribution in [0.3, 0.4) is 0 Å². The normalized spacial score (nSPS) is 32.3. The zero-order chi connectivity index (χ0) is 26.6. The molecule has 2 aliphatic heterocycles. The smallest absolute Gasteiger partial charge is 0.407 e. The quantitative estimate of drug-likeness (QED) is 0.436. The molecule has 4 rings (SSSR count). The summed E-state index contributed by atoms with van der Waals surface area (Å²) in [4.78, 5) is 37.2. The van der Waals surface area contributed by atoms with Crippen molar-refractivity contribution in [2.45, 2.75) is 76.0 Å². The van der Waals surface area contributed by atoms with Gasteiger partial charge in [-0.3, -0.25) is 4.79 Å². The second-order valence-electron chi connectivity index (χ2n) is 10.3. The molecule has 3 N–H and O–H groups in total. The Hall–Kier alpha value is -2.73. The Bertz CT molecular complexity index is 964. The summed E-state index contributed by atoms with van der Waals surface area (Å²) in [6.45, 7) is 3.94. The second-order valence-corrected chi connectivity index (χ2v) is 10.3. The zero-order valence-electron chi connectivity index (χ0n) is 21.4. The Balaban J connectivity index is 1.17. The van der Waals surface area contributed by atoms with Crippen molar-refractivity contribution in [1.29, 1.82) is 0 Å². The second kappa shape index (κ2) is 11.3. The first-order chi connectivity index (χ1) is 17.6. The van der Waals surface area contributed by atoms with E-state index in [1.165, 1.54) is 7.11 Å². The predicted octanol–water partition coefficient (Wildman–Crippen LogP) is 1.62. The Kier molecular flexibility index (Phi) is 8.37. The van der Waals surface area contributed by atoms with Crippen LogP contribution < -0.4 is 10.6 Å². The number of nitrogens with one attached hydrogen (secondary N) is 2. The number of carbonyl (C=O) groups excluding carboxylic acids is 3. The Morgan fingerprint density at radius 1 is 1.03 bits per heavy atom. The van der Waals surface area contributed by atoms with E-state index in [4.69, 9.17) is 23.7 Å². The largest absolute Gasteiger partial charge is 0.465 e. The number of hydrogen-bond acceptors (Lipinski definition) is 9. The number of rotatable bonds is 8. The third-order valence-corrected chi connectivity index (χ3v) is 7.11. The summed E-state index contributed by atoms with van der Waals surface area (Å²) >= 11 is 0. The van der Waals surface area contributed by atoms with Gasteiger partial charge in [0, 0.05) is 19.0 Å². The number of fused-ring (bicyclic) bond motifs is 1.